The summed E-state index contributed by atoms with van der Waals surface area (Å²) in [4.78, 5) is 0. The Kier molecular flexibility index (Phi) is 6.27. The zero-order valence-electron chi connectivity index (χ0n) is 11.5. The molecule has 0 radical (unpaired) electrons. The Bertz CT molecular complexity index is 537. The van der Waals surface area contributed by atoms with E-state index in [1.54, 1.807) is 0 Å². The summed E-state index contributed by atoms with van der Waals surface area (Å²) in [7, 11) is 0. The molecule has 1 aromatic carbocycles. The molecule has 3 nitrogen and oxygen atoms in total. The Morgan fingerprint density at radius 2 is 1.80 bits per heavy atom. The first-order chi connectivity index (χ1) is 9.00. The van der Waals surface area contributed by atoms with Crippen LogP contribution in [-0.4, -0.2) is 17.3 Å². The number of hydrogen-bond donors (Lipinski definition) is 2. The average molecular weight is 361 g/mol. The summed E-state index contributed by atoms with van der Waals surface area (Å²) < 4.78 is 6.84. The van der Waals surface area contributed by atoms with Gasteiger partial charge in [0.05, 0.1) is 13.2 Å². The predicted octanol–water partition coefficient (Wildman–Crippen LogP) is 3.99. The van der Waals surface area contributed by atoms with Crippen LogP contribution in [0.1, 0.15) is 19.6 Å². The van der Waals surface area contributed by atoms with Crippen molar-refractivity contribution in [3.8, 4) is 11.3 Å². The maximum atomic E-state index is 9.18. The van der Waals surface area contributed by atoms with Crippen molar-refractivity contribution in [1.82, 2.24) is 5.32 Å². The predicted molar refractivity (Wildman–Crippen MR) is 87.1 cm³/mol. The van der Waals surface area contributed by atoms with E-state index < -0.39 is 0 Å². The van der Waals surface area contributed by atoms with Gasteiger partial charge in [-0.15, -0.1) is 12.4 Å². The quantitative estimate of drug-likeness (QED) is 0.847. The molecule has 2 aromatic rings. The minimum absolute atomic E-state index is 0. The molecule has 5 heteroatoms. The highest BCUT2D eigenvalue weighted by molar-refractivity contribution is 9.10. The fraction of sp³-hybridized carbons (Fsp3) is 0.333. The van der Waals surface area contributed by atoms with Crippen molar-refractivity contribution >= 4 is 28.3 Å². The second kappa shape index (κ2) is 7.27. The van der Waals surface area contributed by atoms with Crippen LogP contribution in [0.15, 0.2) is 45.3 Å². The van der Waals surface area contributed by atoms with Crippen LogP contribution < -0.4 is 5.32 Å². The molecule has 0 spiro atoms. The number of rotatable bonds is 5. The van der Waals surface area contributed by atoms with E-state index in [0.29, 0.717) is 6.54 Å². The highest BCUT2D eigenvalue weighted by atomic mass is 79.9. The van der Waals surface area contributed by atoms with Gasteiger partial charge in [-0.05, 0) is 38.1 Å². The monoisotopic (exact) mass is 359 g/mol. The van der Waals surface area contributed by atoms with Gasteiger partial charge in [-0.25, -0.2) is 0 Å². The van der Waals surface area contributed by atoms with Gasteiger partial charge in [0.15, 0.2) is 0 Å². The summed E-state index contributed by atoms with van der Waals surface area (Å²) in [5, 5.41) is 12.4. The zero-order chi connectivity index (χ0) is 13.9. The third kappa shape index (κ3) is 4.63. The van der Waals surface area contributed by atoms with Gasteiger partial charge in [0.1, 0.15) is 11.5 Å². The van der Waals surface area contributed by atoms with E-state index in [4.69, 9.17) is 4.42 Å². The van der Waals surface area contributed by atoms with Crippen LogP contribution in [0.2, 0.25) is 0 Å². The van der Waals surface area contributed by atoms with Crippen LogP contribution in [0.5, 0.6) is 0 Å². The van der Waals surface area contributed by atoms with Gasteiger partial charge >= 0.3 is 0 Å². The van der Waals surface area contributed by atoms with E-state index in [9.17, 15) is 5.11 Å². The maximum absolute atomic E-state index is 9.18. The summed E-state index contributed by atoms with van der Waals surface area (Å²) in [6.07, 6.45) is 0. The van der Waals surface area contributed by atoms with Crippen LogP contribution in [0.4, 0.5) is 0 Å². The molecule has 0 unspecified atom stereocenters. The highest BCUT2D eigenvalue weighted by Gasteiger charge is 2.16. The van der Waals surface area contributed by atoms with E-state index in [1.807, 2.05) is 50.2 Å². The summed E-state index contributed by atoms with van der Waals surface area (Å²) in [6.45, 7) is 4.59. The van der Waals surface area contributed by atoms with Gasteiger partial charge in [0.25, 0.3) is 0 Å². The molecule has 0 amide bonds. The van der Waals surface area contributed by atoms with Crippen molar-refractivity contribution in [3.63, 3.8) is 0 Å². The summed E-state index contributed by atoms with van der Waals surface area (Å²) in [6, 6.07) is 11.9. The molecular formula is C15H19BrClNO2. The Morgan fingerprint density at radius 3 is 2.40 bits per heavy atom. The lowest BCUT2D eigenvalue weighted by atomic mass is 10.1. The number of hydrogen-bond acceptors (Lipinski definition) is 3. The lowest BCUT2D eigenvalue weighted by Gasteiger charge is -2.22. The van der Waals surface area contributed by atoms with Crippen LogP contribution in [0, 0.1) is 0 Å². The van der Waals surface area contributed by atoms with Crippen molar-refractivity contribution in [2.45, 2.75) is 25.9 Å². The topological polar surface area (TPSA) is 45.4 Å². The molecular weight excluding hydrogens is 342 g/mol. The fourth-order valence-corrected chi connectivity index (χ4v) is 1.89. The highest BCUT2D eigenvalue weighted by Crippen LogP contribution is 2.24. The molecule has 0 aliphatic rings. The van der Waals surface area contributed by atoms with Crippen molar-refractivity contribution in [2.75, 3.05) is 6.61 Å². The number of halogens is 2. The Balaban J connectivity index is 0.00000200. The first-order valence-electron chi connectivity index (χ1n) is 6.21. The molecule has 1 aromatic heterocycles. The summed E-state index contributed by atoms with van der Waals surface area (Å²) in [5.74, 6) is 1.71. The number of furan rings is 1. The molecule has 0 fully saturated rings. The Labute approximate surface area is 133 Å². The summed E-state index contributed by atoms with van der Waals surface area (Å²) >= 11 is 3.41. The molecule has 20 heavy (non-hydrogen) atoms. The SMILES string of the molecule is CC(C)(CO)NCc1ccc(-c2ccc(Br)cc2)o1.Cl. The third-order valence-electron chi connectivity index (χ3n) is 2.93. The second-order valence-corrected chi connectivity index (χ2v) is 6.08. The largest absolute Gasteiger partial charge is 0.460 e. The first kappa shape index (κ1) is 17.2. The van der Waals surface area contributed by atoms with Crippen LogP contribution in [-0.2, 0) is 6.54 Å². The molecule has 0 aliphatic heterocycles. The van der Waals surface area contributed by atoms with Crippen LogP contribution in [0.25, 0.3) is 11.3 Å². The number of aliphatic hydroxyl groups excluding tert-OH is 1. The van der Waals surface area contributed by atoms with Crippen LogP contribution in [0.3, 0.4) is 0 Å². The number of nitrogens with one attached hydrogen (secondary N) is 1. The van der Waals surface area contributed by atoms with Crippen molar-refractivity contribution < 1.29 is 9.52 Å². The Hall–Kier alpha value is -0.810. The minimum Gasteiger partial charge on any atom is -0.460 e. The first-order valence-corrected chi connectivity index (χ1v) is 7.00. The molecule has 0 saturated heterocycles. The van der Waals surface area contributed by atoms with Gasteiger partial charge in [-0.2, -0.15) is 0 Å². The van der Waals surface area contributed by atoms with Gasteiger partial charge in [-0.1, -0.05) is 28.1 Å². The van der Waals surface area contributed by atoms with Gasteiger partial charge in [0, 0.05) is 15.6 Å². The smallest absolute Gasteiger partial charge is 0.134 e. The van der Waals surface area contributed by atoms with Crippen LogP contribution >= 0.6 is 28.3 Å². The van der Waals surface area contributed by atoms with Gasteiger partial charge in [-0.3, -0.25) is 0 Å². The summed E-state index contributed by atoms with van der Waals surface area (Å²) in [5.41, 5.74) is 0.751. The lowest BCUT2D eigenvalue weighted by Crippen LogP contribution is -2.41. The molecule has 2 rings (SSSR count). The molecule has 0 bridgehead atoms. The van der Waals surface area contributed by atoms with Crippen molar-refractivity contribution in [1.29, 1.82) is 0 Å². The van der Waals surface area contributed by atoms with Crippen molar-refractivity contribution in [3.05, 3.63) is 46.6 Å². The maximum Gasteiger partial charge on any atom is 0.134 e. The van der Waals surface area contributed by atoms with Gasteiger partial charge < -0.3 is 14.8 Å². The number of benzene rings is 1. The average Bonchev–Trinajstić information content (AvgIpc) is 2.86. The standard InChI is InChI=1S/C15H18BrNO2.ClH/c1-15(2,10-18)17-9-13-7-8-14(19-13)11-3-5-12(16)6-4-11;/h3-8,17-18H,9-10H2,1-2H3;1H. The number of aliphatic hydroxyl groups is 1. The minimum atomic E-state index is -0.301. The van der Waals surface area contributed by atoms with E-state index in [2.05, 4.69) is 21.2 Å². The molecule has 0 aliphatic carbocycles. The van der Waals surface area contributed by atoms with E-state index in [-0.39, 0.29) is 24.6 Å². The molecule has 1 heterocycles. The zero-order valence-corrected chi connectivity index (χ0v) is 13.9. The molecule has 0 atom stereocenters. The molecule has 110 valence electrons. The second-order valence-electron chi connectivity index (χ2n) is 5.17. The Morgan fingerprint density at radius 1 is 1.15 bits per heavy atom. The lowest BCUT2D eigenvalue weighted by molar-refractivity contribution is 0.184. The van der Waals surface area contributed by atoms with Gasteiger partial charge in [0.2, 0.25) is 0 Å². The normalized spacial score (nSPS) is 11.2. The van der Waals surface area contributed by atoms with E-state index in [1.165, 1.54) is 0 Å². The molecule has 0 saturated carbocycles. The van der Waals surface area contributed by atoms with E-state index >= 15 is 0 Å². The third-order valence-corrected chi connectivity index (χ3v) is 3.46. The molecule has 2 N–H and O–H groups in total. The van der Waals surface area contributed by atoms with E-state index in [0.717, 1.165) is 21.6 Å². The fourth-order valence-electron chi connectivity index (χ4n) is 1.62. The van der Waals surface area contributed by atoms with Crippen molar-refractivity contribution in [2.24, 2.45) is 0 Å².